The third-order valence-electron chi connectivity index (χ3n) is 6.04. The smallest absolute Gasteiger partial charge is 0.238 e. The first kappa shape index (κ1) is 20.1. The van der Waals surface area contributed by atoms with Crippen molar-refractivity contribution in [2.75, 3.05) is 13.7 Å². The molecule has 0 radical (unpaired) electrons. The van der Waals surface area contributed by atoms with Gasteiger partial charge in [0, 0.05) is 18.6 Å². The van der Waals surface area contributed by atoms with E-state index in [4.69, 9.17) is 31.1 Å². The second kappa shape index (κ2) is 7.83. The molecular weight excluding hydrogens is 440 g/mol. The fourth-order valence-electron chi connectivity index (χ4n) is 4.40. The van der Waals surface area contributed by atoms with Gasteiger partial charge < -0.3 is 9.47 Å². The molecule has 166 valence electrons. The second-order valence-corrected chi connectivity index (χ2v) is 8.65. The SMILES string of the molecule is COCc1nnn2c1Cc1c(C3=NC[C@H](c4ccc(Cl)cc4)O3)ncn1-c1ccc(C)cc1-2. The quantitative estimate of drug-likeness (QED) is 0.405. The summed E-state index contributed by atoms with van der Waals surface area (Å²) in [6.45, 7) is 2.99. The van der Waals surface area contributed by atoms with Crippen LogP contribution in [0.4, 0.5) is 0 Å². The zero-order valence-corrected chi connectivity index (χ0v) is 19.0. The fourth-order valence-corrected chi connectivity index (χ4v) is 4.53. The third-order valence-corrected chi connectivity index (χ3v) is 6.30. The van der Waals surface area contributed by atoms with Crippen molar-refractivity contribution in [3.63, 3.8) is 0 Å². The van der Waals surface area contributed by atoms with Crippen LogP contribution >= 0.6 is 11.6 Å². The van der Waals surface area contributed by atoms with Gasteiger partial charge in [-0.2, -0.15) is 0 Å². The highest BCUT2D eigenvalue weighted by molar-refractivity contribution is 6.30. The van der Waals surface area contributed by atoms with Gasteiger partial charge in [0.25, 0.3) is 0 Å². The van der Waals surface area contributed by atoms with Crippen molar-refractivity contribution in [1.82, 2.24) is 24.5 Å². The Balaban J connectivity index is 1.43. The highest BCUT2D eigenvalue weighted by Crippen LogP contribution is 2.33. The molecule has 9 heteroatoms. The summed E-state index contributed by atoms with van der Waals surface area (Å²) in [5, 5.41) is 9.53. The molecule has 33 heavy (non-hydrogen) atoms. The Morgan fingerprint density at radius 2 is 1.97 bits per heavy atom. The van der Waals surface area contributed by atoms with E-state index in [1.807, 2.05) is 35.3 Å². The van der Waals surface area contributed by atoms with Gasteiger partial charge in [-0.1, -0.05) is 35.0 Å². The second-order valence-electron chi connectivity index (χ2n) is 8.21. The molecule has 0 unspecified atom stereocenters. The Morgan fingerprint density at radius 3 is 2.79 bits per heavy atom. The number of imidazole rings is 1. The van der Waals surface area contributed by atoms with Gasteiger partial charge in [-0.15, -0.1) is 5.10 Å². The van der Waals surface area contributed by atoms with Gasteiger partial charge in [-0.05, 0) is 42.3 Å². The maximum absolute atomic E-state index is 6.26. The number of aliphatic imine (C=N–C) groups is 1. The molecule has 0 N–H and O–H groups in total. The molecular formula is C24H21ClN6O2. The predicted molar refractivity (Wildman–Crippen MR) is 123 cm³/mol. The summed E-state index contributed by atoms with van der Waals surface area (Å²) in [4.78, 5) is 9.42. The summed E-state index contributed by atoms with van der Waals surface area (Å²) in [5.74, 6) is 0.548. The largest absolute Gasteiger partial charge is 0.466 e. The first-order chi connectivity index (χ1) is 16.1. The summed E-state index contributed by atoms with van der Waals surface area (Å²) < 4.78 is 15.6. The molecule has 0 amide bonds. The molecule has 6 rings (SSSR count). The van der Waals surface area contributed by atoms with Crippen molar-refractivity contribution in [1.29, 1.82) is 0 Å². The lowest BCUT2D eigenvalue weighted by Gasteiger charge is -2.12. The van der Waals surface area contributed by atoms with Gasteiger partial charge >= 0.3 is 0 Å². The number of benzene rings is 2. The average Bonchev–Trinajstić information content (AvgIpc) is 3.53. The molecule has 0 fully saturated rings. The van der Waals surface area contributed by atoms with Crippen LogP contribution in [0.3, 0.4) is 0 Å². The van der Waals surface area contributed by atoms with E-state index in [0.29, 0.717) is 30.5 Å². The number of aromatic nitrogens is 5. The molecule has 2 aliphatic rings. The van der Waals surface area contributed by atoms with Crippen LogP contribution in [0.25, 0.3) is 11.4 Å². The third kappa shape index (κ3) is 3.34. The number of hydrogen-bond donors (Lipinski definition) is 0. The minimum Gasteiger partial charge on any atom is -0.466 e. The maximum Gasteiger partial charge on any atom is 0.238 e. The Kier molecular flexibility index (Phi) is 4.78. The van der Waals surface area contributed by atoms with Crippen molar-refractivity contribution in [3.8, 4) is 11.4 Å². The van der Waals surface area contributed by atoms with Gasteiger partial charge in [0.1, 0.15) is 23.8 Å². The van der Waals surface area contributed by atoms with Gasteiger partial charge in [-0.25, -0.2) is 14.7 Å². The number of nitrogens with zero attached hydrogens (tertiary/aromatic N) is 6. The monoisotopic (exact) mass is 460 g/mol. The zero-order valence-electron chi connectivity index (χ0n) is 18.2. The number of rotatable bonds is 4. The van der Waals surface area contributed by atoms with E-state index in [9.17, 15) is 0 Å². The normalized spacial score (nSPS) is 16.5. The van der Waals surface area contributed by atoms with E-state index in [1.165, 1.54) is 0 Å². The number of methoxy groups -OCH3 is 1. The lowest BCUT2D eigenvalue weighted by molar-refractivity contribution is 0.180. The van der Waals surface area contributed by atoms with Gasteiger partial charge in [0.15, 0.2) is 0 Å². The van der Waals surface area contributed by atoms with Gasteiger partial charge in [0.05, 0.1) is 35.9 Å². The maximum atomic E-state index is 6.26. The first-order valence-electron chi connectivity index (χ1n) is 10.7. The Labute approximate surface area is 195 Å². The summed E-state index contributed by atoms with van der Waals surface area (Å²) >= 11 is 6.04. The van der Waals surface area contributed by atoms with Crippen LogP contribution in [0, 0.1) is 6.92 Å². The molecule has 0 aliphatic carbocycles. The van der Waals surface area contributed by atoms with Crippen LogP contribution in [-0.4, -0.2) is 44.1 Å². The Morgan fingerprint density at radius 1 is 1.12 bits per heavy atom. The molecule has 0 bridgehead atoms. The Bertz CT molecular complexity index is 1390. The summed E-state index contributed by atoms with van der Waals surface area (Å²) in [6, 6.07) is 14.0. The van der Waals surface area contributed by atoms with Crippen molar-refractivity contribution in [2.45, 2.75) is 26.1 Å². The van der Waals surface area contributed by atoms with Crippen LogP contribution < -0.4 is 0 Å². The molecule has 8 nitrogen and oxygen atoms in total. The van der Waals surface area contributed by atoms with Crippen molar-refractivity contribution >= 4 is 17.5 Å². The van der Waals surface area contributed by atoms with E-state index in [2.05, 4.69) is 40.0 Å². The van der Waals surface area contributed by atoms with Crippen molar-refractivity contribution < 1.29 is 9.47 Å². The fraction of sp³-hybridized carbons (Fsp3) is 0.250. The molecule has 4 aromatic rings. The van der Waals surface area contributed by atoms with Gasteiger partial charge in [-0.3, -0.25) is 4.57 Å². The van der Waals surface area contributed by atoms with Crippen LogP contribution in [-0.2, 0) is 22.5 Å². The molecule has 2 aromatic carbocycles. The summed E-state index contributed by atoms with van der Waals surface area (Å²) in [5.41, 5.74) is 7.60. The summed E-state index contributed by atoms with van der Waals surface area (Å²) in [6.07, 6.45) is 2.24. The standard InChI is InChI=1S/C24H21ClN6O2/c1-14-3-8-18-20(9-14)31-19(17(12-32-2)28-29-31)10-21-23(27-13-30(18)21)24-26-11-22(33-24)15-4-6-16(25)7-5-15/h3-9,13,22H,10-12H2,1-2H3/t22-/m1/s1. The minimum absolute atomic E-state index is 0.161. The van der Waals surface area contributed by atoms with E-state index < -0.39 is 0 Å². The average molecular weight is 461 g/mol. The number of ether oxygens (including phenoxy) is 2. The number of halogens is 1. The number of fused-ring (bicyclic) bond motifs is 5. The molecule has 4 heterocycles. The van der Waals surface area contributed by atoms with E-state index in [1.54, 1.807) is 7.11 Å². The number of aryl methyl sites for hydroxylation is 1. The van der Waals surface area contributed by atoms with Crippen LogP contribution in [0.1, 0.15) is 40.0 Å². The zero-order chi connectivity index (χ0) is 22.5. The Hall–Kier alpha value is -3.49. The summed E-state index contributed by atoms with van der Waals surface area (Å²) in [7, 11) is 1.66. The topological polar surface area (TPSA) is 79.3 Å². The van der Waals surface area contributed by atoms with E-state index in [-0.39, 0.29) is 6.10 Å². The predicted octanol–water partition coefficient (Wildman–Crippen LogP) is 3.98. The highest BCUT2D eigenvalue weighted by Gasteiger charge is 2.31. The first-order valence-corrected chi connectivity index (χ1v) is 11.1. The molecule has 2 aromatic heterocycles. The van der Waals surface area contributed by atoms with Crippen LogP contribution in [0.2, 0.25) is 5.02 Å². The molecule has 0 spiro atoms. The molecule has 1 atom stereocenters. The lowest BCUT2D eigenvalue weighted by atomic mass is 10.1. The van der Waals surface area contributed by atoms with Gasteiger partial charge in [0.2, 0.25) is 5.90 Å². The van der Waals surface area contributed by atoms with E-state index >= 15 is 0 Å². The van der Waals surface area contributed by atoms with Crippen molar-refractivity contribution in [3.05, 3.63) is 87.7 Å². The van der Waals surface area contributed by atoms with Crippen LogP contribution in [0.5, 0.6) is 0 Å². The molecule has 0 saturated carbocycles. The lowest BCUT2D eigenvalue weighted by Crippen LogP contribution is -2.11. The van der Waals surface area contributed by atoms with Crippen LogP contribution in [0.15, 0.2) is 53.8 Å². The number of hydrogen-bond acceptors (Lipinski definition) is 6. The van der Waals surface area contributed by atoms with E-state index in [0.717, 1.165) is 45.3 Å². The highest BCUT2D eigenvalue weighted by atomic mass is 35.5. The molecule has 2 aliphatic heterocycles. The van der Waals surface area contributed by atoms with Crippen molar-refractivity contribution in [2.24, 2.45) is 4.99 Å². The molecule has 0 saturated heterocycles. The minimum atomic E-state index is -0.161.